The van der Waals surface area contributed by atoms with E-state index < -0.39 is 0 Å². The first-order valence-corrected chi connectivity index (χ1v) is 8.85. The summed E-state index contributed by atoms with van der Waals surface area (Å²) >= 11 is 0. The second kappa shape index (κ2) is 8.11. The van der Waals surface area contributed by atoms with Gasteiger partial charge in [-0.2, -0.15) is 5.26 Å². The molecule has 1 aliphatic rings. The largest absolute Gasteiger partial charge is 0.493 e. The lowest BCUT2D eigenvalue weighted by molar-refractivity contribution is -0.121. The summed E-state index contributed by atoms with van der Waals surface area (Å²) in [6.07, 6.45) is 0.835. The first-order chi connectivity index (χ1) is 13.1. The highest BCUT2D eigenvalue weighted by Crippen LogP contribution is 2.33. The summed E-state index contributed by atoms with van der Waals surface area (Å²) in [4.78, 5) is 14.8. The minimum Gasteiger partial charge on any atom is -0.493 e. The maximum absolute atomic E-state index is 12.7. The van der Waals surface area contributed by atoms with E-state index in [1.807, 2.05) is 19.1 Å². The second-order valence-electron chi connectivity index (χ2n) is 6.52. The van der Waals surface area contributed by atoms with Crippen molar-refractivity contribution < 1.29 is 14.3 Å². The number of carbonyl (C=O) groups is 1. The van der Waals surface area contributed by atoms with E-state index >= 15 is 0 Å². The molecule has 0 unspecified atom stereocenters. The predicted octanol–water partition coefficient (Wildman–Crippen LogP) is 2.96. The van der Waals surface area contributed by atoms with Crippen molar-refractivity contribution in [2.45, 2.75) is 25.9 Å². The Labute approximate surface area is 159 Å². The fourth-order valence-corrected chi connectivity index (χ4v) is 3.33. The maximum atomic E-state index is 12.7. The van der Waals surface area contributed by atoms with Gasteiger partial charge in [-0.3, -0.25) is 9.69 Å². The zero-order valence-electron chi connectivity index (χ0n) is 15.8. The molecule has 0 spiro atoms. The number of nitrogens with zero attached hydrogens (tertiary/aromatic N) is 2. The number of methoxy groups -OCH3 is 2. The van der Waals surface area contributed by atoms with Crippen molar-refractivity contribution in [1.29, 1.82) is 5.26 Å². The van der Waals surface area contributed by atoms with E-state index in [1.54, 1.807) is 38.5 Å². The van der Waals surface area contributed by atoms with Crippen LogP contribution in [-0.4, -0.2) is 37.6 Å². The maximum Gasteiger partial charge on any atom is 0.241 e. The summed E-state index contributed by atoms with van der Waals surface area (Å²) in [5.74, 6) is 1.29. The monoisotopic (exact) mass is 365 g/mol. The Morgan fingerprint density at radius 1 is 1.19 bits per heavy atom. The number of fused-ring (bicyclic) bond motifs is 1. The fraction of sp³-hybridized carbons (Fsp3) is 0.333. The molecule has 0 saturated carbocycles. The van der Waals surface area contributed by atoms with Crippen molar-refractivity contribution in [3.05, 3.63) is 53.1 Å². The summed E-state index contributed by atoms with van der Waals surface area (Å²) in [5.41, 5.74) is 3.35. The Kier molecular flexibility index (Phi) is 5.63. The van der Waals surface area contributed by atoms with E-state index in [0.717, 1.165) is 24.3 Å². The lowest BCUT2D eigenvalue weighted by Crippen LogP contribution is -2.44. The normalized spacial score (nSPS) is 14.6. The first-order valence-electron chi connectivity index (χ1n) is 8.85. The van der Waals surface area contributed by atoms with E-state index in [-0.39, 0.29) is 11.9 Å². The number of ether oxygens (including phenoxy) is 2. The fourth-order valence-electron chi connectivity index (χ4n) is 3.33. The van der Waals surface area contributed by atoms with Crippen LogP contribution in [0.15, 0.2) is 36.4 Å². The molecule has 0 bridgehead atoms. The average molecular weight is 365 g/mol. The Balaban J connectivity index is 1.74. The molecule has 1 N–H and O–H groups in total. The van der Waals surface area contributed by atoms with E-state index in [0.29, 0.717) is 23.5 Å². The van der Waals surface area contributed by atoms with E-state index in [1.165, 1.54) is 5.56 Å². The Morgan fingerprint density at radius 3 is 2.52 bits per heavy atom. The molecule has 2 aromatic carbocycles. The quantitative estimate of drug-likeness (QED) is 0.882. The van der Waals surface area contributed by atoms with Crippen LogP contribution in [0.25, 0.3) is 0 Å². The number of hydrogen-bond donors (Lipinski definition) is 1. The summed E-state index contributed by atoms with van der Waals surface area (Å²) < 4.78 is 10.8. The molecule has 0 aromatic heterocycles. The molecule has 6 heteroatoms. The first kappa shape index (κ1) is 18.7. The highest BCUT2D eigenvalue weighted by molar-refractivity contribution is 5.95. The second-order valence-corrected chi connectivity index (χ2v) is 6.52. The van der Waals surface area contributed by atoms with Gasteiger partial charge >= 0.3 is 0 Å². The molecule has 0 radical (unpaired) electrons. The number of carbonyl (C=O) groups excluding carboxylic acids is 1. The smallest absolute Gasteiger partial charge is 0.241 e. The van der Waals surface area contributed by atoms with Crippen molar-refractivity contribution in [2.24, 2.45) is 0 Å². The highest BCUT2D eigenvalue weighted by Gasteiger charge is 2.27. The van der Waals surface area contributed by atoms with Crippen LogP contribution in [0, 0.1) is 11.3 Å². The van der Waals surface area contributed by atoms with Gasteiger partial charge < -0.3 is 14.8 Å². The molecule has 0 saturated heterocycles. The summed E-state index contributed by atoms with van der Waals surface area (Å²) in [6, 6.07) is 12.8. The molecule has 1 aliphatic heterocycles. The summed E-state index contributed by atoms with van der Waals surface area (Å²) in [5, 5.41) is 12.1. The predicted molar refractivity (Wildman–Crippen MR) is 103 cm³/mol. The third-order valence-corrected chi connectivity index (χ3v) is 4.98. The molecule has 0 fully saturated rings. The molecule has 3 rings (SSSR count). The number of rotatable bonds is 5. The summed E-state index contributed by atoms with van der Waals surface area (Å²) in [6.45, 7) is 3.32. The molecular weight excluding hydrogens is 342 g/mol. The van der Waals surface area contributed by atoms with Crippen LogP contribution in [0.1, 0.15) is 23.6 Å². The van der Waals surface area contributed by atoms with Crippen molar-refractivity contribution in [1.82, 2.24) is 4.90 Å². The topological polar surface area (TPSA) is 74.6 Å². The van der Waals surface area contributed by atoms with Gasteiger partial charge in [0.05, 0.1) is 31.5 Å². The molecule has 0 aliphatic carbocycles. The number of para-hydroxylation sites is 1. The van der Waals surface area contributed by atoms with Crippen molar-refractivity contribution in [2.75, 3.05) is 26.1 Å². The molecule has 2 aromatic rings. The lowest BCUT2D eigenvalue weighted by atomic mass is 9.97. The minimum atomic E-state index is -0.321. The van der Waals surface area contributed by atoms with Gasteiger partial charge in [-0.1, -0.05) is 12.1 Å². The highest BCUT2D eigenvalue weighted by atomic mass is 16.5. The average Bonchev–Trinajstić information content (AvgIpc) is 2.71. The Hall–Kier alpha value is -3.04. The van der Waals surface area contributed by atoms with E-state index in [2.05, 4.69) is 16.3 Å². The number of hydrogen-bond acceptors (Lipinski definition) is 5. The van der Waals surface area contributed by atoms with Gasteiger partial charge in [0.2, 0.25) is 5.91 Å². The van der Waals surface area contributed by atoms with Crippen LogP contribution in [0.3, 0.4) is 0 Å². The third-order valence-electron chi connectivity index (χ3n) is 4.98. The standard InChI is InChI=1S/C21H23N3O3/c1-14(21(25)23-18-7-5-4-6-16(18)12-22)24-9-8-15-10-19(26-2)20(27-3)11-17(15)13-24/h4-7,10-11,14H,8-9,13H2,1-3H3,(H,23,25)/t14-/m1/s1. The van der Waals surface area contributed by atoms with Crippen molar-refractivity contribution in [3.8, 4) is 17.6 Å². The molecule has 1 heterocycles. The zero-order chi connectivity index (χ0) is 19.4. The van der Waals surface area contributed by atoms with Gasteiger partial charge in [0.1, 0.15) is 6.07 Å². The van der Waals surface area contributed by atoms with Crippen LogP contribution in [0.5, 0.6) is 11.5 Å². The van der Waals surface area contributed by atoms with Gasteiger partial charge in [0, 0.05) is 13.1 Å². The third kappa shape index (κ3) is 3.88. The van der Waals surface area contributed by atoms with Crippen LogP contribution >= 0.6 is 0 Å². The van der Waals surface area contributed by atoms with Crippen molar-refractivity contribution >= 4 is 11.6 Å². The Bertz CT molecular complexity index is 889. The van der Waals surface area contributed by atoms with Gasteiger partial charge in [-0.15, -0.1) is 0 Å². The molecular formula is C21H23N3O3. The number of nitriles is 1. The molecule has 140 valence electrons. The van der Waals surface area contributed by atoms with Crippen LogP contribution < -0.4 is 14.8 Å². The van der Waals surface area contributed by atoms with Gasteiger partial charge in [-0.05, 0) is 48.7 Å². The molecule has 1 atom stereocenters. The molecule has 27 heavy (non-hydrogen) atoms. The van der Waals surface area contributed by atoms with Gasteiger partial charge in [0.15, 0.2) is 11.5 Å². The number of anilines is 1. The Morgan fingerprint density at radius 2 is 1.85 bits per heavy atom. The van der Waals surface area contributed by atoms with E-state index in [9.17, 15) is 10.1 Å². The van der Waals surface area contributed by atoms with Crippen LogP contribution in [0.2, 0.25) is 0 Å². The summed E-state index contributed by atoms with van der Waals surface area (Å²) in [7, 11) is 3.25. The zero-order valence-corrected chi connectivity index (χ0v) is 15.8. The van der Waals surface area contributed by atoms with Gasteiger partial charge in [0.25, 0.3) is 0 Å². The van der Waals surface area contributed by atoms with Crippen molar-refractivity contribution in [3.63, 3.8) is 0 Å². The number of nitrogens with one attached hydrogen (secondary N) is 1. The molecule has 6 nitrogen and oxygen atoms in total. The molecule has 1 amide bonds. The van der Waals surface area contributed by atoms with Gasteiger partial charge in [-0.25, -0.2) is 0 Å². The SMILES string of the molecule is COc1cc2c(cc1OC)CN([C@H](C)C(=O)Nc1ccccc1C#N)CC2. The minimum absolute atomic E-state index is 0.123. The van der Waals surface area contributed by atoms with Crippen LogP contribution in [0.4, 0.5) is 5.69 Å². The lowest BCUT2D eigenvalue weighted by Gasteiger charge is -2.33. The van der Waals surface area contributed by atoms with E-state index in [4.69, 9.17) is 9.47 Å². The number of benzene rings is 2. The number of amides is 1. The van der Waals surface area contributed by atoms with Crippen LogP contribution in [-0.2, 0) is 17.8 Å².